The Labute approximate surface area is 151 Å². The van der Waals surface area contributed by atoms with Crippen LogP contribution in [0.5, 0.6) is 0 Å². The van der Waals surface area contributed by atoms with Gasteiger partial charge in [0.2, 0.25) is 0 Å². The average Bonchev–Trinajstić information content (AvgIpc) is 2.96. The molecule has 1 aliphatic heterocycles. The van der Waals surface area contributed by atoms with Gasteiger partial charge in [-0.05, 0) is 45.0 Å². The molecule has 0 aliphatic carbocycles. The van der Waals surface area contributed by atoms with Crippen molar-refractivity contribution in [3.05, 3.63) is 35.4 Å². The highest BCUT2D eigenvalue weighted by Crippen LogP contribution is 2.29. The van der Waals surface area contributed by atoms with E-state index in [-0.39, 0.29) is 6.54 Å². The number of carbonyl (C=O) groups is 1. The predicted octanol–water partition coefficient (Wildman–Crippen LogP) is 4.08. The number of likely N-dealkylation sites (tertiary alicyclic amines) is 1. The molecule has 1 heterocycles. The summed E-state index contributed by atoms with van der Waals surface area (Å²) in [4.78, 5) is 13.7. The minimum absolute atomic E-state index is 0.242. The zero-order valence-electron chi connectivity index (χ0n) is 15.2. The van der Waals surface area contributed by atoms with Crippen molar-refractivity contribution in [2.75, 3.05) is 20.2 Å². The lowest BCUT2D eigenvalue weighted by atomic mass is 10.0. The quantitative estimate of drug-likeness (QED) is 0.700. The molecule has 142 valence electrons. The van der Waals surface area contributed by atoms with Crippen LogP contribution in [0.4, 0.5) is 18.0 Å². The fourth-order valence-corrected chi connectivity index (χ4v) is 2.51. The van der Waals surface area contributed by atoms with Crippen LogP contribution in [0.1, 0.15) is 38.3 Å². The summed E-state index contributed by atoms with van der Waals surface area (Å²) in [5.74, 6) is 5.81. The van der Waals surface area contributed by atoms with Crippen molar-refractivity contribution in [1.82, 2.24) is 4.90 Å². The first-order chi connectivity index (χ1) is 11.9. The number of halogens is 3. The lowest BCUT2D eigenvalue weighted by Gasteiger charge is -2.26. The molecule has 1 saturated heterocycles. The molecular formula is C19H22F3NO3. The van der Waals surface area contributed by atoms with Crippen molar-refractivity contribution < 1.29 is 27.4 Å². The van der Waals surface area contributed by atoms with Crippen molar-refractivity contribution in [3.63, 3.8) is 0 Å². The fraction of sp³-hybridized carbons (Fsp3) is 0.526. The maximum atomic E-state index is 12.6. The van der Waals surface area contributed by atoms with Crippen LogP contribution >= 0.6 is 0 Å². The zero-order chi connectivity index (χ0) is 19.6. The van der Waals surface area contributed by atoms with Gasteiger partial charge in [-0.2, -0.15) is 13.2 Å². The Bertz CT molecular complexity index is 711. The molecule has 2 rings (SSSR count). The van der Waals surface area contributed by atoms with Crippen molar-refractivity contribution in [3.8, 4) is 11.8 Å². The topological polar surface area (TPSA) is 38.8 Å². The Morgan fingerprint density at radius 3 is 2.31 bits per heavy atom. The molecule has 1 fully saturated rings. The first-order valence-corrected chi connectivity index (χ1v) is 8.18. The molecule has 1 aromatic carbocycles. The number of nitrogens with zero attached hydrogens (tertiary/aromatic N) is 1. The molecule has 0 spiro atoms. The summed E-state index contributed by atoms with van der Waals surface area (Å²) in [6, 6.07) is 4.62. The third-order valence-electron chi connectivity index (χ3n) is 3.92. The number of methoxy groups -OCH3 is 1. The molecule has 1 atom stereocenters. The molecule has 0 radical (unpaired) electrons. The van der Waals surface area contributed by atoms with Gasteiger partial charge in [-0.1, -0.05) is 11.8 Å². The summed E-state index contributed by atoms with van der Waals surface area (Å²) in [6.45, 7) is 6.04. The van der Waals surface area contributed by atoms with Crippen molar-refractivity contribution in [2.45, 2.75) is 44.6 Å². The molecule has 7 heteroatoms. The van der Waals surface area contributed by atoms with Crippen molar-refractivity contribution >= 4 is 6.09 Å². The van der Waals surface area contributed by atoms with Crippen LogP contribution in [-0.2, 0) is 15.7 Å². The molecule has 26 heavy (non-hydrogen) atoms. The van der Waals surface area contributed by atoms with E-state index < -0.39 is 29.0 Å². The summed E-state index contributed by atoms with van der Waals surface area (Å²) in [5, 5.41) is 0. The van der Waals surface area contributed by atoms with Crippen LogP contribution in [0, 0.1) is 11.8 Å². The van der Waals surface area contributed by atoms with Gasteiger partial charge in [0.05, 0.1) is 12.1 Å². The van der Waals surface area contributed by atoms with E-state index in [0.29, 0.717) is 18.5 Å². The maximum absolute atomic E-state index is 12.6. The summed E-state index contributed by atoms with van der Waals surface area (Å²) < 4.78 is 48.6. The second-order valence-electron chi connectivity index (χ2n) is 7.18. The summed E-state index contributed by atoms with van der Waals surface area (Å²) in [5.41, 5.74) is -1.73. The Kier molecular flexibility index (Phi) is 5.57. The van der Waals surface area contributed by atoms with E-state index in [1.54, 1.807) is 20.8 Å². The number of amides is 1. The summed E-state index contributed by atoms with van der Waals surface area (Å²) >= 11 is 0. The number of hydrogen-bond acceptors (Lipinski definition) is 3. The molecule has 4 nitrogen and oxygen atoms in total. The molecule has 1 aromatic rings. The lowest BCUT2D eigenvalue weighted by molar-refractivity contribution is -0.137. The van der Waals surface area contributed by atoms with E-state index in [0.717, 1.165) is 12.1 Å². The van der Waals surface area contributed by atoms with Gasteiger partial charge in [0, 0.05) is 25.6 Å². The van der Waals surface area contributed by atoms with Gasteiger partial charge in [0.1, 0.15) is 11.2 Å². The number of carbonyl (C=O) groups excluding carboxylic acids is 1. The molecule has 0 N–H and O–H groups in total. The Morgan fingerprint density at radius 2 is 1.81 bits per heavy atom. The Morgan fingerprint density at radius 1 is 1.19 bits per heavy atom. The second kappa shape index (κ2) is 7.20. The molecule has 0 saturated carbocycles. The van der Waals surface area contributed by atoms with E-state index in [2.05, 4.69) is 11.8 Å². The van der Waals surface area contributed by atoms with E-state index in [4.69, 9.17) is 9.47 Å². The van der Waals surface area contributed by atoms with Crippen LogP contribution in [-0.4, -0.2) is 42.4 Å². The normalized spacial score (nSPS) is 20.5. The third kappa shape index (κ3) is 5.15. The monoisotopic (exact) mass is 369 g/mol. The Hall–Kier alpha value is -2.20. The van der Waals surface area contributed by atoms with Gasteiger partial charge in [-0.25, -0.2) is 4.79 Å². The maximum Gasteiger partial charge on any atom is 0.416 e. The number of hydrogen-bond donors (Lipinski definition) is 0. The van der Waals surface area contributed by atoms with Crippen LogP contribution in [0.15, 0.2) is 24.3 Å². The minimum atomic E-state index is -4.38. The van der Waals surface area contributed by atoms with Gasteiger partial charge in [0.15, 0.2) is 0 Å². The van der Waals surface area contributed by atoms with Crippen LogP contribution in [0.25, 0.3) is 0 Å². The average molecular weight is 369 g/mol. The number of rotatable bonds is 1. The van der Waals surface area contributed by atoms with Crippen LogP contribution < -0.4 is 0 Å². The highest BCUT2D eigenvalue weighted by Gasteiger charge is 2.40. The number of ether oxygens (including phenoxy) is 2. The largest absolute Gasteiger partial charge is 0.444 e. The van der Waals surface area contributed by atoms with E-state index in [1.165, 1.54) is 24.1 Å². The lowest BCUT2D eigenvalue weighted by Crippen LogP contribution is -2.39. The van der Waals surface area contributed by atoms with Gasteiger partial charge in [0.25, 0.3) is 0 Å². The highest BCUT2D eigenvalue weighted by molar-refractivity contribution is 5.69. The molecule has 0 bridgehead atoms. The smallest absolute Gasteiger partial charge is 0.416 e. The molecule has 1 aliphatic rings. The van der Waals surface area contributed by atoms with Crippen LogP contribution in [0.3, 0.4) is 0 Å². The number of benzene rings is 1. The molecule has 1 amide bonds. The predicted molar refractivity (Wildman–Crippen MR) is 90.5 cm³/mol. The van der Waals surface area contributed by atoms with Gasteiger partial charge >= 0.3 is 12.3 Å². The zero-order valence-corrected chi connectivity index (χ0v) is 15.2. The minimum Gasteiger partial charge on any atom is -0.444 e. The van der Waals surface area contributed by atoms with E-state index in [1.807, 2.05) is 0 Å². The first-order valence-electron chi connectivity index (χ1n) is 8.18. The summed E-state index contributed by atoms with van der Waals surface area (Å²) in [6.07, 6.45) is -4.32. The van der Waals surface area contributed by atoms with Gasteiger partial charge in [-0.3, -0.25) is 0 Å². The number of alkyl halides is 3. The Balaban J connectivity index is 2.11. The van der Waals surface area contributed by atoms with Crippen LogP contribution in [0.2, 0.25) is 0 Å². The summed E-state index contributed by atoms with van der Waals surface area (Å²) in [7, 11) is 1.50. The molecular weight excluding hydrogens is 347 g/mol. The fourth-order valence-electron chi connectivity index (χ4n) is 2.51. The van der Waals surface area contributed by atoms with E-state index in [9.17, 15) is 18.0 Å². The van der Waals surface area contributed by atoms with Crippen molar-refractivity contribution in [2.24, 2.45) is 0 Å². The third-order valence-corrected chi connectivity index (χ3v) is 3.92. The SMILES string of the molecule is COC1(C#Cc2ccc(C(F)(F)F)cc2)CCN(C(=O)OC(C)(C)C)C1. The molecule has 0 aromatic heterocycles. The standard InChI is InChI=1S/C19H22F3NO3/c1-17(2,3)26-16(24)23-12-11-18(13-23,25-4)10-9-14-5-7-15(8-6-14)19(20,21)22/h5-8H,11-13H2,1-4H3. The van der Waals surface area contributed by atoms with Gasteiger partial charge in [-0.15, -0.1) is 0 Å². The first kappa shape index (κ1) is 20.1. The van der Waals surface area contributed by atoms with Crippen molar-refractivity contribution in [1.29, 1.82) is 0 Å². The second-order valence-corrected chi connectivity index (χ2v) is 7.18. The molecule has 1 unspecified atom stereocenters. The van der Waals surface area contributed by atoms with E-state index >= 15 is 0 Å². The van der Waals surface area contributed by atoms with Gasteiger partial charge < -0.3 is 14.4 Å². The highest BCUT2D eigenvalue weighted by atomic mass is 19.4.